The van der Waals surface area contributed by atoms with Crippen LogP contribution in [-0.2, 0) is 21.6 Å². The summed E-state index contributed by atoms with van der Waals surface area (Å²) in [4.78, 5) is 19.1. The van der Waals surface area contributed by atoms with Crippen LogP contribution in [0.4, 0.5) is 0 Å². The minimum absolute atomic E-state index is 0.155. The molecular formula is C14H25N3O3. The van der Waals surface area contributed by atoms with Crippen LogP contribution in [0.5, 0.6) is 0 Å². The Hall–Kier alpha value is -1.24. The predicted octanol–water partition coefficient (Wildman–Crippen LogP) is 1.17. The van der Waals surface area contributed by atoms with Crippen LogP contribution < -0.4 is 10.9 Å². The molecule has 6 heteroatoms. The van der Waals surface area contributed by atoms with Gasteiger partial charge in [-0.25, -0.2) is 4.98 Å². The zero-order valence-electron chi connectivity index (χ0n) is 12.8. The lowest BCUT2D eigenvalue weighted by molar-refractivity contribution is -0.0393. The van der Waals surface area contributed by atoms with Gasteiger partial charge in [0.1, 0.15) is 11.4 Å². The maximum Gasteiger partial charge on any atom is 0.251 e. The van der Waals surface area contributed by atoms with E-state index < -0.39 is 5.60 Å². The van der Waals surface area contributed by atoms with E-state index in [2.05, 4.69) is 15.3 Å². The second-order valence-electron chi connectivity index (χ2n) is 4.77. The quantitative estimate of drug-likeness (QED) is 0.665. The number of aromatic nitrogens is 2. The predicted molar refractivity (Wildman–Crippen MR) is 77.7 cm³/mol. The van der Waals surface area contributed by atoms with Crippen LogP contribution in [0, 0.1) is 0 Å². The molecule has 1 aromatic rings. The molecule has 0 aliphatic rings. The van der Waals surface area contributed by atoms with Crippen molar-refractivity contribution in [3.63, 3.8) is 0 Å². The van der Waals surface area contributed by atoms with Crippen LogP contribution in [0.2, 0.25) is 0 Å². The summed E-state index contributed by atoms with van der Waals surface area (Å²) in [6.45, 7) is 8.34. The first-order valence-corrected chi connectivity index (χ1v) is 7.00. The van der Waals surface area contributed by atoms with Gasteiger partial charge in [0.2, 0.25) is 0 Å². The lowest BCUT2D eigenvalue weighted by Gasteiger charge is -2.27. The summed E-state index contributed by atoms with van der Waals surface area (Å²) in [6.07, 6.45) is 0.740. The molecule has 1 heterocycles. The fourth-order valence-electron chi connectivity index (χ4n) is 1.90. The standard InChI is InChI=1S/C14H25N3O3/c1-5-14(3,20-6-2)13-16-11(9-12(18)17-13)10-15-7-8-19-4/h9,15H,5-8,10H2,1-4H3,(H,16,17,18). The molecule has 0 spiro atoms. The highest BCUT2D eigenvalue weighted by Crippen LogP contribution is 2.25. The van der Waals surface area contributed by atoms with E-state index in [-0.39, 0.29) is 5.56 Å². The maximum atomic E-state index is 11.8. The van der Waals surface area contributed by atoms with Crippen molar-refractivity contribution in [1.82, 2.24) is 15.3 Å². The average Bonchev–Trinajstić information content (AvgIpc) is 2.43. The van der Waals surface area contributed by atoms with Crippen molar-refractivity contribution < 1.29 is 9.47 Å². The van der Waals surface area contributed by atoms with Gasteiger partial charge in [0.25, 0.3) is 5.56 Å². The number of H-pyrrole nitrogens is 1. The van der Waals surface area contributed by atoms with Crippen molar-refractivity contribution in [3.8, 4) is 0 Å². The number of hydrogen-bond donors (Lipinski definition) is 2. The fourth-order valence-corrected chi connectivity index (χ4v) is 1.90. The van der Waals surface area contributed by atoms with Crippen LogP contribution >= 0.6 is 0 Å². The van der Waals surface area contributed by atoms with Crippen molar-refractivity contribution in [3.05, 3.63) is 27.9 Å². The number of methoxy groups -OCH3 is 1. The molecule has 0 amide bonds. The highest BCUT2D eigenvalue weighted by Gasteiger charge is 2.28. The van der Waals surface area contributed by atoms with Crippen LogP contribution in [0.3, 0.4) is 0 Å². The summed E-state index contributed by atoms with van der Waals surface area (Å²) < 4.78 is 10.7. The first-order chi connectivity index (χ1) is 9.55. The zero-order chi connectivity index (χ0) is 15.0. The second-order valence-corrected chi connectivity index (χ2v) is 4.77. The largest absolute Gasteiger partial charge is 0.383 e. The van der Waals surface area contributed by atoms with E-state index in [0.29, 0.717) is 31.3 Å². The van der Waals surface area contributed by atoms with E-state index in [1.165, 1.54) is 6.07 Å². The molecule has 0 aliphatic carbocycles. The molecule has 0 saturated heterocycles. The summed E-state index contributed by atoms with van der Waals surface area (Å²) in [5.41, 5.74) is -0.00616. The Bertz CT molecular complexity index is 461. The van der Waals surface area contributed by atoms with E-state index in [4.69, 9.17) is 9.47 Å². The van der Waals surface area contributed by atoms with Gasteiger partial charge >= 0.3 is 0 Å². The molecule has 2 N–H and O–H groups in total. The topological polar surface area (TPSA) is 76.2 Å². The number of nitrogens with zero attached hydrogens (tertiary/aromatic N) is 1. The molecule has 1 rings (SSSR count). The Kier molecular flexibility index (Phi) is 6.84. The van der Waals surface area contributed by atoms with Crippen molar-refractivity contribution in [2.24, 2.45) is 0 Å². The van der Waals surface area contributed by atoms with Gasteiger partial charge in [-0.1, -0.05) is 6.92 Å². The van der Waals surface area contributed by atoms with Crippen molar-refractivity contribution in [2.45, 2.75) is 39.3 Å². The van der Waals surface area contributed by atoms with E-state index in [9.17, 15) is 4.79 Å². The zero-order valence-corrected chi connectivity index (χ0v) is 12.8. The number of hydrogen-bond acceptors (Lipinski definition) is 5. The Balaban J connectivity index is 2.87. The minimum atomic E-state index is -0.559. The Labute approximate surface area is 119 Å². The molecule has 20 heavy (non-hydrogen) atoms. The average molecular weight is 283 g/mol. The molecule has 0 bridgehead atoms. The van der Waals surface area contributed by atoms with Gasteiger partial charge in [-0.15, -0.1) is 0 Å². The molecular weight excluding hydrogens is 258 g/mol. The van der Waals surface area contributed by atoms with Crippen LogP contribution in [-0.4, -0.2) is 36.8 Å². The van der Waals surface area contributed by atoms with Crippen molar-refractivity contribution in [1.29, 1.82) is 0 Å². The Morgan fingerprint density at radius 1 is 1.45 bits per heavy atom. The smallest absolute Gasteiger partial charge is 0.251 e. The molecule has 0 aromatic carbocycles. The molecule has 0 aliphatic heterocycles. The summed E-state index contributed by atoms with van der Waals surface area (Å²) in [6, 6.07) is 1.51. The first-order valence-electron chi connectivity index (χ1n) is 7.00. The third-order valence-corrected chi connectivity index (χ3v) is 3.22. The SMILES string of the molecule is CCOC(C)(CC)c1nc(CNCCOC)cc(=O)[nH]1. The molecule has 114 valence electrons. The molecule has 1 atom stereocenters. The summed E-state index contributed by atoms with van der Waals surface area (Å²) >= 11 is 0. The number of rotatable bonds is 9. The maximum absolute atomic E-state index is 11.8. The highest BCUT2D eigenvalue weighted by atomic mass is 16.5. The second kappa shape index (κ2) is 8.14. The molecule has 0 fully saturated rings. The van der Waals surface area contributed by atoms with Gasteiger partial charge in [0.15, 0.2) is 0 Å². The normalized spacial score (nSPS) is 14.2. The molecule has 0 saturated carbocycles. The first kappa shape index (κ1) is 16.8. The van der Waals surface area contributed by atoms with E-state index >= 15 is 0 Å². The summed E-state index contributed by atoms with van der Waals surface area (Å²) in [7, 11) is 1.65. The van der Waals surface area contributed by atoms with Crippen molar-refractivity contribution >= 4 is 0 Å². The van der Waals surface area contributed by atoms with Gasteiger partial charge in [-0.05, 0) is 20.3 Å². The Morgan fingerprint density at radius 3 is 2.80 bits per heavy atom. The Morgan fingerprint density at radius 2 is 2.20 bits per heavy atom. The lowest BCUT2D eigenvalue weighted by Crippen LogP contribution is -2.31. The van der Waals surface area contributed by atoms with Gasteiger partial charge < -0.3 is 19.8 Å². The van der Waals surface area contributed by atoms with Crippen molar-refractivity contribution in [2.75, 3.05) is 26.9 Å². The number of nitrogens with one attached hydrogen (secondary N) is 2. The highest BCUT2D eigenvalue weighted by molar-refractivity contribution is 5.08. The fraction of sp³-hybridized carbons (Fsp3) is 0.714. The summed E-state index contributed by atoms with van der Waals surface area (Å²) in [5.74, 6) is 0.581. The van der Waals surface area contributed by atoms with E-state index in [1.54, 1.807) is 7.11 Å². The third-order valence-electron chi connectivity index (χ3n) is 3.22. The number of aromatic amines is 1. The molecule has 0 radical (unpaired) electrons. The molecule has 1 aromatic heterocycles. The van der Waals surface area contributed by atoms with Crippen LogP contribution in [0.15, 0.2) is 10.9 Å². The van der Waals surface area contributed by atoms with E-state index in [0.717, 1.165) is 13.0 Å². The summed E-state index contributed by atoms with van der Waals surface area (Å²) in [5, 5.41) is 3.18. The van der Waals surface area contributed by atoms with Crippen LogP contribution in [0.25, 0.3) is 0 Å². The molecule has 6 nitrogen and oxygen atoms in total. The van der Waals surface area contributed by atoms with E-state index in [1.807, 2.05) is 20.8 Å². The van der Waals surface area contributed by atoms with Gasteiger partial charge in [0, 0.05) is 32.9 Å². The lowest BCUT2D eigenvalue weighted by atomic mass is 10.0. The van der Waals surface area contributed by atoms with Gasteiger partial charge in [-0.3, -0.25) is 4.79 Å². The monoisotopic (exact) mass is 283 g/mol. The molecule has 1 unspecified atom stereocenters. The number of ether oxygens (including phenoxy) is 2. The third kappa shape index (κ3) is 4.70. The van der Waals surface area contributed by atoms with Crippen LogP contribution in [0.1, 0.15) is 38.7 Å². The van der Waals surface area contributed by atoms with Gasteiger partial charge in [-0.2, -0.15) is 0 Å². The van der Waals surface area contributed by atoms with Gasteiger partial charge in [0.05, 0.1) is 12.3 Å². The minimum Gasteiger partial charge on any atom is -0.383 e.